The van der Waals surface area contributed by atoms with E-state index >= 15 is 0 Å². The number of hydrogen-bond donors (Lipinski definition) is 0. The third-order valence-corrected chi connectivity index (χ3v) is 12.6. The van der Waals surface area contributed by atoms with Crippen molar-refractivity contribution in [1.29, 1.82) is 0 Å². The highest BCUT2D eigenvalue weighted by Gasteiger charge is 2.43. The number of pyridine rings is 2. The summed E-state index contributed by atoms with van der Waals surface area (Å²) in [7, 11) is 0. The molecule has 2 atom stereocenters. The molecule has 2 aliphatic rings. The van der Waals surface area contributed by atoms with Crippen LogP contribution in [0, 0.1) is 0 Å². The number of hydrogen-bond acceptors (Lipinski definition) is 4. The van der Waals surface area contributed by atoms with E-state index in [1.807, 2.05) is 0 Å². The van der Waals surface area contributed by atoms with Gasteiger partial charge < -0.3 is 0 Å². The van der Waals surface area contributed by atoms with Crippen molar-refractivity contribution in [2.75, 3.05) is 10.0 Å². The topological polar surface area (TPSA) is 39.0 Å². The Labute approximate surface area is 321 Å². The number of aryl methyl sites for hydroxylation is 2. The van der Waals surface area contributed by atoms with Crippen LogP contribution in [0.2, 0.25) is 0 Å². The molecule has 2 aliphatic heterocycles. The molecule has 0 spiro atoms. The van der Waals surface area contributed by atoms with Gasteiger partial charge in [0.2, 0.25) is 11.0 Å². The quantitative estimate of drug-likeness (QED) is 0.0762. The van der Waals surface area contributed by atoms with E-state index in [9.17, 15) is 0 Å². The molecule has 0 amide bonds. The molecule has 54 heavy (non-hydrogen) atoms. The summed E-state index contributed by atoms with van der Waals surface area (Å²) in [5.41, 5.74) is 10.0. The summed E-state index contributed by atoms with van der Waals surface area (Å²) in [6.45, 7) is 15.8. The lowest BCUT2D eigenvalue weighted by Crippen LogP contribution is -2.36. The summed E-state index contributed by atoms with van der Waals surface area (Å²) < 4.78 is 4.82. The fourth-order valence-electron chi connectivity index (χ4n) is 8.64. The summed E-state index contributed by atoms with van der Waals surface area (Å²) in [6, 6.07) is 39.9. The van der Waals surface area contributed by atoms with Crippen LogP contribution in [0.3, 0.4) is 0 Å². The minimum absolute atomic E-state index is 0.0422. The summed E-state index contributed by atoms with van der Waals surface area (Å²) in [5.74, 6) is 0. The lowest BCUT2D eigenvalue weighted by molar-refractivity contribution is -0.673. The zero-order chi connectivity index (χ0) is 37.5. The Balaban J connectivity index is 0.892. The Kier molecular flexibility index (Phi) is 9.55. The maximum absolute atomic E-state index is 5.06. The SMILES string of the molecule is CC1N(/N=C/c2cc[n+](CCCCCC[n+]3ccc(/C=N/N4c5ccccc5C(C)(C)C4C)c4ccccc43)c3ccccc23)c2ccccc2C1(C)C. The van der Waals surface area contributed by atoms with Crippen LogP contribution < -0.4 is 19.2 Å². The Morgan fingerprint density at radius 1 is 0.519 bits per heavy atom. The predicted octanol–water partition coefficient (Wildman–Crippen LogP) is 9.87. The van der Waals surface area contributed by atoms with Gasteiger partial charge >= 0.3 is 0 Å². The van der Waals surface area contributed by atoms with Crippen LogP contribution >= 0.6 is 0 Å². The first kappa shape index (κ1) is 35.7. The molecule has 2 unspecified atom stereocenters. The molecule has 0 fully saturated rings. The van der Waals surface area contributed by atoms with E-state index in [-0.39, 0.29) is 22.9 Å². The van der Waals surface area contributed by atoms with E-state index in [4.69, 9.17) is 10.2 Å². The lowest BCUT2D eigenvalue weighted by Gasteiger charge is -2.27. The van der Waals surface area contributed by atoms with Crippen molar-refractivity contribution >= 4 is 45.6 Å². The average Bonchev–Trinajstić information content (AvgIpc) is 3.51. The number of nitrogens with zero attached hydrogens (tertiary/aromatic N) is 6. The maximum Gasteiger partial charge on any atom is 0.213 e. The lowest BCUT2D eigenvalue weighted by atomic mass is 9.81. The van der Waals surface area contributed by atoms with Crippen LogP contribution in [0.4, 0.5) is 11.4 Å². The Hall–Kier alpha value is -5.36. The molecule has 2 aromatic heterocycles. The van der Waals surface area contributed by atoms with Crippen LogP contribution in [0.1, 0.15) is 89.5 Å². The third-order valence-electron chi connectivity index (χ3n) is 12.6. The van der Waals surface area contributed by atoms with Gasteiger partial charge in [0.25, 0.3) is 0 Å². The zero-order valence-electron chi connectivity index (χ0n) is 32.8. The Morgan fingerprint density at radius 3 is 1.35 bits per heavy atom. The highest BCUT2D eigenvalue weighted by atomic mass is 15.5. The second-order valence-electron chi connectivity index (χ2n) is 16.4. The number of para-hydroxylation sites is 4. The molecule has 4 aromatic carbocycles. The number of fused-ring (bicyclic) bond motifs is 4. The summed E-state index contributed by atoms with van der Waals surface area (Å²) in [4.78, 5) is 0. The van der Waals surface area contributed by atoms with Gasteiger partial charge in [0.1, 0.15) is 13.1 Å². The summed E-state index contributed by atoms with van der Waals surface area (Å²) in [5, 5.41) is 17.0. The van der Waals surface area contributed by atoms with Gasteiger partial charge in [0, 0.05) is 59.1 Å². The van der Waals surface area contributed by atoms with Crippen molar-refractivity contribution in [3.63, 3.8) is 0 Å². The second kappa shape index (κ2) is 14.5. The number of unbranched alkanes of at least 4 members (excludes halogenated alkanes) is 3. The smallest absolute Gasteiger partial charge is 0.213 e. The molecule has 0 aliphatic carbocycles. The largest absolute Gasteiger partial charge is 0.262 e. The van der Waals surface area contributed by atoms with Crippen molar-refractivity contribution < 1.29 is 9.13 Å². The molecule has 8 rings (SSSR count). The van der Waals surface area contributed by atoms with E-state index in [2.05, 4.69) is 195 Å². The standard InChI is InChI=1S/C48H54N6/c1-35-47(3,4)41-21-11-15-25-45(41)53(35)49-33-37-27-31-51(43-23-13-9-19-39(37)43)29-17-7-8-18-30-52-32-28-38(40-20-10-14-24-44(40)52)34-50-54-36(2)48(5,6)42-22-12-16-26-46(42)54/h9-16,19-28,31-36H,7-8,17-18,29-30H2,1-6H3/q+2. The fourth-order valence-corrected chi connectivity index (χ4v) is 8.64. The van der Waals surface area contributed by atoms with Gasteiger partial charge in [-0.2, -0.15) is 19.3 Å². The molecule has 0 saturated carbocycles. The van der Waals surface area contributed by atoms with Crippen molar-refractivity contribution in [2.24, 2.45) is 10.2 Å². The van der Waals surface area contributed by atoms with E-state index < -0.39 is 0 Å². The second-order valence-corrected chi connectivity index (χ2v) is 16.4. The van der Waals surface area contributed by atoms with Gasteiger partial charge in [-0.1, -0.05) is 88.4 Å². The number of anilines is 2. The molecule has 6 aromatic rings. The Bertz CT molecular complexity index is 2200. The molecule has 274 valence electrons. The minimum Gasteiger partial charge on any atom is -0.262 e. The first-order valence-corrected chi connectivity index (χ1v) is 19.8. The van der Waals surface area contributed by atoms with E-state index in [0.29, 0.717) is 0 Å². The highest BCUT2D eigenvalue weighted by molar-refractivity contribution is 5.98. The number of benzene rings is 4. The van der Waals surface area contributed by atoms with Crippen LogP contribution in [0.25, 0.3) is 21.8 Å². The maximum atomic E-state index is 5.06. The van der Waals surface area contributed by atoms with Crippen LogP contribution in [0.15, 0.2) is 132 Å². The minimum atomic E-state index is 0.0422. The molecular formula is C48H54N6+2. The normalized spacial score (nSPS) is 18.7. The van der Waals surface area contributed by atoms with Crippen molar-refractivity contribution in [3.05, 3.63) is 144 Å². The third kappa shape index (κ3) is 6.36. The van der Waals surface area contributed by atoms with Gasteiger partial charge in [0.15, 0.2) is 12.4 Å². The molecule has 0 N–H and O–H groups in total. The average molecular weight is 715 g/mol. The first-order valence-electron chi connectivity index (χ1n) is 19.8. The van der Waals surface area contributed by atoms with Gasteiger partial charge in [-0.3, -0.25) is 10.0 Å². The van der Waals surface area contributed by atoms with E-state index in [1.165, 1.54) is 57.1 Å². The molecule has 4 heterocycles. The molecule has 0 saturated heterocycles. The van der Waals surface area contributed by atoms with Gasteiger partial charge in [0.05, 0.1) is 46.7 Å². The summed E-state index contributed by atoms with van der Waals surface area (Å²) in [6.07, 6.45) is 13.3. The molecule has 6 heteroatoms. The molecule has 0 radical (unpaired) electrons. The van der Waals surface area contributed by atoms with Crippen molar-refractivity contribution in [2.45, 2.75) is 103 Å². The van der Waals surface area contributed by atoms with Crippen LogP contribution in [-0.2, 0) is 23.9 Å². The fraction of sp³-hybridized carbons (Fsp3) is 0.333. The van der Waals surface area contributed by atoms with Gasteiger partial charge in [-0.05, 0) is 62.1 Å². The Morgan fingerprint density at radius 2 is 0.907 bits per heavy atom. The molecular weight excluding hydrogens is 661 g/mol. The summed E-state index contributed by atoms with van der Waals surface area (Å²) >= 11 is 0. The van der Waals surface area contributed by atoms with Crippen molar-refractivity contribution in [3.8, 4) is 0 Å². The van der Waals surface area contributed by atoms with Crippen LogP contribution in [0.5, 0.6) is 0 Å². The number of rotatable bonds is 11. The monoisotopic (exact) mass is 714 g/mol. The zero-order valence-corrected chi connectivity index (χ0v) is 32.8. The molecule has 0 bridgehead atoms. The van der Waals surface area contributed by atoms with Crippen LogP contribution in [-0.4, -0.2) is 24.5 Å². The van der Waals surface area contributed by atoms with E-state index in [1.54, 1.807) is 0 Å². The van der Waals surface area contributed by atoms with Gasteiger partial charge in [-0.25, -0.2) is 0 Å². The van der Waals surface area contributed by atoms with Crippen molar-refractivity contribution in [1.82, 2.24) is 0 Å². The number of hydrazone groups is 2. The number of aromatic nitrogens is 2. The first-order chi connectivity index (χ1) is 26.2. The molecule has 6 nitrogen and oxygen atoms in total. The van der Waals surface area contributed by atoms with Gasteiger partial charge in [-0.15, -0.1) is 0 Å². The highest BCUT2D eigenvalue weighted by Crippen LogP contribution is 2.46. The van der Waals surface area contributed by atoms with E-state index in [0.717, 1.165) is 37.1 Å². The predicted molar refractivity (Wildman–Crippen MR) is 225 cm³/mol.